The Labute approximate surface area is 224 Å². The number of fused-ring (bicyclic) bond motifs is 7. The molecule has 0 radical (unpaired) electrons. The SMILES string of the molecule is CC(=O)O[C@H]1CC[C@@]2(C)C(CC[C@]3(C)C2CCC2C4[C@H](C(C)CO)CC[C@]4(C(=O)O)CC[C@]23C)C1(C)C. The minimum Gasteiger partial charge on any atom is -0.481 e. The van der Waals surface area contributed by atoms with Crippen LogP contribution in [0.4, 0.5) is 0 Å². The number of carbonyl (C=O) groups excluding carboxylic acids is 1. The minimum atomic E-state index is -0.605. The first-order valence-electron chi connectivity index (χ1n) is 15.2. The zero-order chi connectivity index (χ0) is 27.2. The summed E-state index contributed by atoms with van der Waals surface area (Å²) in [5.41, 5.74) is -0.160. The van der Waals surface area contributed by atoms with Crippen LogP contribution in [0.5, 0.6) is 0 Å². The number of carbonyl (C=O) groups is 2. The number of carboxylic acid groups (broad SMARTS) is 1. The lowest BCUT2D eigenvalue weighted by molar-refractivity contribution is -0.251. The Morgan fingerprint density at radius 2 is 1.57 bits per heavy atom. The number of hydrogen-bond acceptors (Lipinski definition) is 4. The molecular formula is C32H52O5. The van der Waals surface area contributed by atoms with Crippen LogP contribution in [0.15, 0.2) is 0 Å². The second-order valence-electron chi connectivity index (χ2n) is 15.5. The molecule has 5 saturated carbocycles. The van der Waals surface area contributed by atoms with Gasteiger partial charge in [0.15, 0.2) is 0 Å². The Morgan fingerprint density at radius 3 is 2.19 bits per heavy atom. The van der Waals surface area contributed by atoms with Crippen molar-refractivity contribution in [2.24, 2.45) is 62.6 Å². The summed E-state index contributed by atoms with van der Waals surface area (Å²) in [7, 11) is 0. The quantitative estimate of drug-likeness (QED) is 0.406. The maximum Gasteiger partial charge on any atom is 0.309 e. The molecule has 0 amide bonds. The molecule has 0 aromatic heterocycles. The number of esters is 1. The van der Waals surface area contributed by atoms with Gasteiger partial charge in [-0.3, -0.25) is 9.59 Å². The Morgan fingerprint density at radius 1 is 0.865 bits per heavy atom. The number of aliphatic carboxylic acids is 1. The molecule has 0 aliphatic heterocycles. The standard InChI is InChI=1S/C32H52O5/c1-19(18-33)21-10-15-32(27(35)36)17-16-30(6)22(26(21)32)8-9-24-29(5)13-12-25(37-20(2)34)28(3,4)23(29)11-14-31(24,30)7/h19,21-26,33H,8-18H2,1-7H3,(H,35,36)/t19?,21-,22?,23?,24?,25-,26?,29-,30+,31+,32-/m0/s1. The van der Waals surface area contributed by atoms with Gasteiger partial charge in [0.25, 0.3) is 0 Å². The predicted octanol–water partition coefficient (Wildman–Crippen LogP) is 6.71. The van der Waals surface area contributed by atoms with Crippen molar-refractivity contribution in [1.82, 2.24) is 0 Å². The Bertz CT molecular complexity index is 943. The van der Waals surface area contributed by atoms with Gasteiger partial charge in [-0.05, 0) is 116 Å². The second kappa shape index (κ2) is 8.70. The highest BCUT2D eigenvalue weighted by Crippen LogP contribution is 2.77. The first-order valence-corrected chi connectivity index (χ1v) is 15.2. The van der Waals surface area contributed by atoms with E-state index in [0.717, 1.165) is 51.4 Å². The summed E-state index contributed by atoms with van der Waals surface area (Å²) in [6, 6.07) is 0. The number of ether oxygens (including phenoxy) is 1. The highest BCUT2D eigenvalue weighted by molar-refractivity contribution is 5.76. The van der Waals surface area contributed by atoms with Gasteiger partial charge >= 0.3 is 11.9 Å². The predicted molar refractivity (Wildman–Crippen MR) is 144 cm³/mol. The molecule has 11 atom stereocenters. The highest BCUT2D eigenvalue weighted by Gasteiger charge is 2.72. The van der Waals surface area contributed by atoms with Crippen LogP contribution in [0.1, 0.15) is 113 Å². The lowest BCUT2D eigenvalue weighted by Crippen LogP contribution is -2.67. The van der Waals surface area contributed by atoms with Crippen LogP contribution in [0.3, 0.4) is 0 Å². The van der Waals surface area contributed by atoms with Gasteiger partial charge in [-0.25, -0.2) is 0 Å². The van der Waals surface area contributed by atoms with E-state index < -0.39 is 11.4 Å². The lowest BCUT2D eigenvalue weighted by Gasteiger charge is -2.72. The summed E-state index contributed by atoms with van der Waals surface area (Å²) in [6.07, 6.45) is 10.2. The van der Waals surface area contributed by atoms with E-state index in [-0.39, 0.29) is 52.2 Å². The first kappa shape index (κ1) is 27.5. The molecule has 5 fully saturated rings. The summed E-state index contributed by atoms with van der Waals surface area (Å²) in [4.78, 5) is 24.8. The smallest absolute Gasteiger partial charge is 0.309 e. The fourth-order valence-electron chi connectivity index (χ4n) is 12.2. The fraction of sp³-hybridized carbons (Fsp3) is 0.938. The van der Waals surface area contributed by atoms with Gasteiger partial charge in [-0.2, -0.15) is 0 Å². The molecule has 210 valence electrons. The average molecular weight is 517 g/mol. The fourth-order valence-corrected chi connectivity index (χ4v) is 12.2. The average Bonchev–Trinajstić information content (AvgIpc) is 3.22. The molecule has 5 aliphatic carbocycles. The first-order chi connectivity index (χ1) is 17.2. The van der Waals surface area contributed by atoms with Crippen molar-refractivity contribution in [2.75, 3.05) is 6.61 Å². The summed E-state index contributed by atoms with van der Waals surface area (Å²) in [6.45, 7) is 16.2. The zero-order valence-corrected chi connectivity index (χ0v) is 24.4. The van der Waals surface area contributed by atoms with Gasteiger partial charge in [0, 0.05) is 18.9 Å². The molecule has 0 spiro atoms. The molecule has 5 rings (SSSR count). The molecule has 5 unspecified atom stereocenters. The van der Waals surface area contributed by atoms with E-state index in [2.05, 4.69) is 41.5 Å². The normalized spacial score (nSPS) is 51.1. The van der Waals surface area contributed by atoms with E-state index in [9.17, 15) is 19.8 Å². The molecule has 5 aliphatic rings. The van der Waals surface area contributed by atoms with Gasteiger partial charge in [0.1, 0.15) is 6.10 Å². The monoisotopic (exact) mass is 516 g/mol. The van der Waals surface area contributed by atoms with Crippen molar-refractivity contribution in [3.05, 3.63) is 0 Å². The molecule has 5 heteroatoms. The molecule has 0 aromatic carbocycles. The third kappa shape index (κ3) is 3.50. The number of aliphatic hydroxyl groups excluding tert-OH is 1. The summed E-state index contributed by atoms with van der Waals surface area (Å²) >= 11 is 0. The summed E-state index contributed by atoms with van der Waals surface area (Å²) in [5, 5.41) is 20.7. The highest BCUT2D eigenvalue weighted by atomic mass is 16.5. The van der Waals surface area contributed by atoms with E-state index in [0.29, 0.717) is 23.7 Å². The number of hydrogen-bond donors (Lipinski definition) is 2. The second-order valence-corrected chi connectivity index (χ2v) is 15.5. The van der Waals surface area contributed by atoms with Crippen LogP contribution in [0.25, 0.3) is 0 Å². The molecule has 5 nitrogen and oxygen atoms in total. The van der Waals surface area contributed by atoms with E-state index in [1.54, 1.807) is 0 Å². The molecule has 37 heavy (non-hydrogen) atoms. The van der Waals surface area contributed by atoms with Crippen molar-refractivity contribution in [3.8, 4) is 0 Å². The Hall–Kier alpha value is -1.10. The molecule has 0 aromatic rings. The van der Waals surface area contributed by atoms with Crippen LogP contribution < -0.4 is 0 Å². The molecule has 0 saturated heterocycles. The van der Waals surface area contributed by atoms with Gasteiger partial charge in [0.2, 0.25) is 0 Å². The van der Waals surface area contributed by atoms with Crippen LogP contribution >= 0.6 is 0 Å². The van der Waals surface area contributed by atoms with Gasteiger partial charge in [0.05, 0.1) is 5.41 Å². The molecular weight excluding hydrogens is 464 g/mol. The van der Waals surface area contributed by atoms with Crippen LogP contribution in [-0.4, -0.2) is 34.9 Å². The Kier molecular flexibility index (Phi) is 6.46. The van der Waals surface area contributed by atoms with Gasteiger partial charge < -0.3 is 14.9 Å². The number of rotatable bonds is 4. The van der Waals surface area contributed by atoms with E-state index in [1.165, 1.54) is 19.8 Å². The third-order valence-corrected chi connectivity index (χ3v) is 14.2. The van der Waals surface area contributed by atoms with Crippen molar-refractivity contribution in [1.29, 1.82) is 0 Å². The van der Waals surface area contributed by atoms with E-state index in [4.69, 9.17) is 4.74 Å². The van der Waals surface area contributed by atoms with Crippen molar-refractivity contribution in [2.45, 2.75) is 119 Å². The third-order valence-electron chi connectivity index (χ3n) is 14.2. The number of aliphatic hydroxyl groups is 1. The Balaban J connectivity index is 1.52. The molecule has 0 heterocycles. The van der Waals surface area contributed by atoms with Crippen LogP contribution in [-0.2, 0) is 14.3 Å². The summed E-state index contributed by atoms with van der Waals surface area (Å²) < 4.78 is 5.88. The van der Waals surface area contributed by atoms with Gasteiger partial charge in [-0.1, -0.05) is 41.5 Å². The lowest BCUT2D eigenvalue weighted by atomic mass is 9.32. The molecule has 0 bridgehead atoms. The molecule has 2 N–H and O–H groups in total. The maximum atomic E-state index is 12.9. The van der Waals surface area contributed by atoms with E-state index in [1.807, 2.05) is 0 Å². The zero-order valence-electron chi connectivity index (χ0n) is 24.4. The van der Waals surface area contributed by atoms with Crippen molar-refractivity contribution < 1.29 is 24.5 Å². The van der Waals surface area contributed by atoms with Crippen LogP contribution in [0, 0.1) is 62.6 Å². The number of carboxylic acids is 1. The van der Waals surface area contributed by atoms with Crippen molar-refractivity contribution in [3.63, 3.8) is 0 Å². The maximum absolute atomic E-state index is 12.9. The van der Waals surface area contributed by atoms with Crippen molar-refractivity contribution >= 4 is 11.9 Å². The summed E-state index contributed by atoms with van der Waals surface area (Å²) in [5.74, 6) is 1.41. The van der Waals surface area contributed by atoms with Crippen LogP contribution in [0.2, 0.25) is 0 Å². The van der Waals surface area contributed by atoms with Gasteiger partial charge in [-0.15, -0.1) is 0 Å². The minimum absolute atomic E-state index is 0.00978. The topological polar surface area (TPSA) is 83.8 Å². The largest absolute Gasteiger partial charge is 0.481 e. The van der Waals surface area contributed by atoms with E-state index >= 15 is 0 Å².